The molecule has 1 atom stereocenters. The second-order valence-electron chi connectivity index (χ2n) is 4.13. The highest BCUT2D eigenvalue weighted by Gasteiger charge is 2.14. The van der Waals surface area contributed by atoms with Crippen LogP contribution in [0.25, 0.3) is 0 Å². The van der Waals surface area contributed by atoms with E-state index in [0.29, 0.717) is 5.69 Å². The number of nitrogens with one attached hydrogen (secondary N) is 2. The first-order chi connectivity index (χ1) is 8.97. The quantitative estimate of drug-likeness (QED) is 0.691. The van der Waals surface area contributed by atoms with Gasteiger partial charge in [0.05, 0.1) is 6.54 Å². The minimum absolute atomic E-state index is 0.0241. The smallest absolute Gasteiger partial charge is 0.321 e. The maximum absolute atomic E-state index is 11.4. The molecule has 8 heteroatoms. The number of aliphatic carboxylic acids is 1. The van der Waals surface area contributed by atoms with Crippen molar-refractivity contribution in [1.82, 2.24) is 15.8 Å². The predicted octanol–water partition coefficient (Wildman–Crippen LogP) is 0.501. The molecule has 1 unspecified atom stereocenters. The summed E-state index contributed by atoms with van der Waals surface area (Å²) in [5.41, 5.74) is 0.529. The van der Waals surface area contributed by atoms with Crippen LogP contribution in [0.2, 0.25) is 0 Å². The van der Waals surface area contributed by atoms with Crippen LogP contribution in [0.15, 0.2) is 16.9 Å². The Balaban J connectivity index is 2.24. The summed E-state index contributed by atoms with van der Waals surface area (Å²) < 4.78 is 4.57. The predicted molar refractivity (Wildman–Crippen MR) is 62.9 cm³/mol. The van der Waals surface area contributed by atoms with Gasteiger partial charge < -0.3 is 14.9 Å². The van der Waals surface area contributed by atoms with Gasteiger partial charge in [-0.05, 0) is 5.92 Å². The van der Waals surface area contributed by atoms with Crippen LogP contribution >= 0.6 is 0 Å². The number of carboxylic acids is 1. The van der Waals surface area contributed by atoms with Crippen LogP contribution in [-0.4, -0.2) is 28.2 Å². The second kappa shape index (κ2) is 7.14. The molecule has 0 aromatic carbocycles. The molecule has 0 aliphatic carbocycles. The zero-order valence-corrected chi connectivity index (χ0v) is 10.4. The lowest BCUT2D eigenvalue weighted by Crippen LogP contribution is -2.39. The summed E-state index contributed by atoms with van der Waals surface area (Å²) in [6.07, 6.45) is 1.23. The summed E-state index contributed by atoms with van der Waals surface area (Å²) in [7, 11) is 0. The summed E-state index contributed by atoms with van der Waals surface area (Å²) in [6.45, 7) is 1.77. The van der Waals surface area contributed by atoms with Gasteiger partial charge >= 0.3 is 12.0 Å². The molecule has 0 bridgehead atoms. The number of aromatic nitrogens is 1. The zero-order valence-electron chi connectivity index (χ0n) is 10.4. The Bertz CT molecular complexity index is 443. The van der Waals surface area contributed by atoms with Crippen LogP contribution in [0, 0.1) is 5.92 Å². The van der Waals surface area contributed by atoms with Crippen LogP contribution < -0.4 is 10.6 Å². The first kappa shape index (κ1) is 14.7. The Hall–Kier alpha value is -2.38. The molecule has 8 nitrogen and oxygen atoms in total. The Morgan fingerprint density at radius 3 is 2.74 bits per heavy atom. The number of carbonyl (C=O) groups excluding carboxylic acids is 2. The maximum atomic E-state index is 11.4. The third-order valence-corrected chi connectivity index (χ3v) is 2.23. The highest BCUT2D eigenvalue weighted by atomic mass is 16.5. The second-order valence-corrected chi connectivity index (χ2v) is 4.13. The van der Waals surface area contributed by atoms with Crippen molar-refractivity contribution in [2.75, 3.05) is 0 Å². The molecule has 0 radical (unpaired) electrons. The van der Waals surface area contributed by atoms with Gasteiger partial charge in [0.25, 0.3) is 0 Å². The van der Waals surface area contributed by atoms with Gasteiger partial charge in [-0.1, -0.05) is 12.1 Å². The van der Waals surface area contributed by atoms with E-state index in [1.807, 2.05) is 0 Å². The molecule has 0 saturated carbocycles. The number of imide groups is 1. The molecule has 1 heterocycles. The molecule has 3 amide bonds. The molecule has 104 valence electrons. The molecule has 0 saturated heterocycles. The van der Waals surface area contributed by atoms with Crippen LogP contribution in [0.1, 0.15) is 25.5 Å². The number of amides is 3. The molecule has 0 fully saturated rings. The van der Waals surface area contributed by atoms with Gasteiger partial charge in [0.1, 0.15) is 12.0 Å². The fourth-order valence-electron chi connectivity index (χ4n) is 1.41. The molecule has 1 aromatic heterocycles. The summed E-state index contributed by atoms with van der Waals surface area (Å²) >= 11 is 0. The lowest BCUT2D eigenvalue weighted by Gasteiger charge is -2.09. The molecular formula is C11H15N3O5. The van der Waals surface area contributed by atoms with Crippen LogP contribution in [-0.2, 0) is 16.1 Å². The molecule has 1 rings (SSSR count). The number of carbonyl (C=O) groups is 3. The van der Waals surface area contributed by atoms with E-state index in [1.54, 1.807) is 13.0 Å². The van der Waals surface area contributed by atoms with Gasteiger partial charge in [0, 0.05) is 18.9 Å². The van der Waals surface area contributed by atoms with Crippen LogP contribution in [0.3, 0.4) is 0 Å². The molecule has 0 spiro atoms. The van der Waals surface area contributed by atoms with Gasteiger partial charge in [-0.15, -0.1) is 0 Å². The molecule has 3 N–H and O–H groups in total. The standard InChI is InChI=1S/C11H15N3O5/c1-7(5-10(16)17)4-9(15)13-11(18)12-6-8-2-3-19-14-8/h2-3,7H,4-6H2,1H3,(H,16,17)(H2,12,13,15,18). The summed E-state index contributed by atoms with van der Waals surface area (Å²) in [6, 6.07) is 0.923. The highest BCUT2D eigenvalue weighted by molar-refractivity contribution is 5.94. The Morgan fingerprint density at radius 2 is 2.16 bits per heavy atom. The Morgan fingerprint density at radius 1 is 1.42 bits per heavy atom. The topological polar surface area (TPSA) is 122 Å². The summed E-state index contributed by atoms with van der Waals surface area (Å²) in [4.78, 5) is 33.2. The number of rotatable bonds is 6. The van der Waals surface area contributed by atoms with Gasteiger partial charge in [0.2, 0.25) is 5.91 Å². The minimum atomic E-state index is -0.976. The van der Waals surface area contributed by atoms with E-state index in [0.717, 1.165) is 0 Å². The lowest BCUT2D eigenvalue weighted by atomic mass is 10.0. The van der Waals surface area contributed by atoms with Crippen LogP contribution in [0.4, 0.5) is 4.79 Å². The monoisotopic (exact) mass is 269 g/mol. The van der Waals surface area contributed by atoms with Crippen LogP contribution in [0.5, 0.6) is 0 Å². The number of hydrogen-bond donors (Lipinski definition) is 3. The van der Waals surface area contributed by atoms with Crippen molar-refractivity contribution in [3.05, 3.63) is 18.0 Å². The molecular weight excluding hydrogens is 254 g/mol. The van der Waals surface area contributed by atoms with E-state index < -0.39 is 17.9 Å². The van der Waals surface area contributed by atoms with Gasteiger partial charge in [-0.2, -0.15) is 0 Å². The van der Waals surface area contributed by atoms with Crippen molar-refractivity contribution in [3.8, 4) is 0 Å². The first-order valence-electron chi connectivity index (χ1n) is 5.66. The largest absolute Gasteiger partial charge is 0.481 e. The highest BCUT2D eigenvalue weighted by Crippen LogP contribution is 2.06. The number of hydrogen-bond acceptors (Lipinski definition) is 5. The number of nitrogens with zero attached hydrogens (tertiary/aromatic N) is 1. The van der Waals surface area contributed by atoms with Gasteiger partial charge in [-0.3, -0.25) is 14.9 Å². The minimum Gasteiger partial charge on any atom is -0.481 e. The van der Waals surface area contributed by atoms with Crippen molar-refractivity contribution in [2.24, 2.45) is 5.92 Å². The Labute approximate surface area is 109 Å². The molecule has 19 heavy (non-hydrogen) atoms. The van der Waals surface area contributed by atoms with E-state index >= 15 is 0 Å². The van der Waals surface area contributed by atoms with Crippen molar-refractivity contribution in [1.29, 1.82) is 0 Å². The van der Waals surface area contributed by atoms with E-state index in [-0.39, 0.29) is 25.3 Å². The average Bonchev–Trinajstić information content (AvgIpc) is 2.77. The van der Waals surface area contributed by atoms with Crippen molar-refractivity contribution in [2.45, 2.75) is 26.3 Å². The first-order valence-corrected chi connectivity index (χ1v) is 5.66. The van der Waals surface area contributed by atoms with Crippen molar-refractivity contribution >= 4 is 17.9 Å². The number of urea groups is 1. The van der Waals surface area contributed by atoms with E-state index in [4.69, 9.17) is 5.11 Å². The summed E-state index contributed by atoms with van der Waals surface area (Å²) in [5.74, 6) is -1.83. The van der Waals surface area contributed by atoms with Gasteiger partial charge in [-0.25, -0.2) is 4.79 Å². The van der Waals surface area contributed by atoms with Crippen molar-refractivity contribution < 1.29 is 24.0 Å². The van der Waals surface area contributed by atoms with Crippen molar-refractivity contribution in [3.63, 3.8) is 0 Å². The average molecular weight is 269 g/mol. The summed E-state index contributed by atoms with van der Waals surface area (Å²) in [5, 5.41) is 16.6. The molecule has 0 aliphatic rings. The maximum Gasteiger partial charge on any atom is 0.321 e. The Kier molecular flexibility index (Phi) is 5.52. The van der Waals surface area contributed by atoms with Gasteiger partial charge in [0.15, 0.2) is 0 Å². The van der Waals surface area contributed by atoms with E-state index in [1.165, 1.54) is 6.26 Å². The third kappa shape index (κ3) is 6.20. The molecule has 0 aliphatic heterocycles. The zero-order chi connectivity index (χ0) is 14.3. The third-order valence-electron chi connectivity index (χ3n) is 2.23. The fraction of sp³-hybridized carbons (Fsp3) is 0.455. The normalized spacial score (nSPS) is 11.6. The molecule has 1 aromatic rings. The SMILES string of the molecule is CC(CC(=O)O)CC(=O)NC(=O)NCc1ccon1. The van der Waals surface area contributed by atoms with E-state index in [2.05, 4.69) is 20.3 Å². The number of carboxylic acid groups (broad SMARTS) is 1. The fourth-order valence-corrected chi connectivity index (χ4v) is 1.41. The van der Waals surface area contributed by atoms with E-state index in [9.17, 15) is 14.4 Å². The lowest BCUT2D eigenvalue weighted by molar-refractivity contribution is -0.138.